The second-order valence-electron chi connectivity index (χ2n) is 5.88. The first-order valence-electron chi connectivity index (χ1n) is 5.70. The predicted molar refractivity (Wildman–Crippen MR) is 64.5 cm³/mol. The van der Waals surface area contributed by atoms with Crippen molar-refractivity contribution < 1.29 is 4.79 Å². The quantitative estimate of drug-likeness (QED) is 0.747. The fourth-order valence-electron chi connectivity index (χ4n) is 3.59. The molecule has 0 radical (unpaired) electrons. The number of carbonyl (C=O) groups excluding carboxylic acids is 1. The molecule has 1 aromatic heterocycles. The van der Waals surface area contributed by atoms with Crippen LogP contribution >= 0.6 is 0 Å². The van der Waals surface area contributed by atoms with Crippen molar-refractivity contribution in [3.8, 4) is 0 Å². The molecule has 3 N–H and O–H groups in total. The maximum atomic E-state index is 11.7. The van der Waals surface area contributed by atoms with Crippen LogP contribution in [-0.2, 0) is 15.6 Å². The van der Waals surface area contributed by atoms with Gasteiger partial charge in [0.1, 0.15) is 0 Å². The van der Waals surface area contributed by atoms with Gasteiger partial charge < -0.3 is 10.7 Å². The highest BCUT2D eigenvalue weighted by atomic mass is 16.1. The Morgan fingerprint density at radius 3 is 2.19 bits per heavy atom. The van der Waals surface area contributed by atoms with Crippen LogP contribution in [0, 0.1) is 13.8 Å². The minimum atomic E-state index is -0.520. The molecule has 3 heteroatoms. The van der Waals surface area contributed by atoms with Crippen molar-refractivity contribution in [3.63, 3.8) is 0 Å². The number of aromatic nitrogens is 1. The molecular weight excluding hydrogens is 200 g/mol. The Morgan fingerprint density at radius 1 is 1.19 bits per heavy atom. The smallest absolute Gasteiger partial charge is 0.227 e. The number of nitrogens with two attached hydrogens (primary N) is 1. The lowest BCUT2D eigenvalue weighted by atomic mass is 9.79. The van der Waals surface area contributed by atoms with Crippen molar-refractivity contribution in [2.24, 2.45) is 5.73 Å². The van der Waals surface area contributed by atoms with Crippen LogP contribution in [0.1, 0.15) is 49.7 Å². The summed E-state index contributed by atoms with van der Waals surface area (Å²) >= 11 is 0. The van der Waals surface area contributed by atoms with Crippen molar-refractivity contribution in [2.45, 2.75) is 51.9 Å². The van der Waals surface area contributed by atoms with E-state index < -0.39 is 5.41 Å². The van der Waals surface area contributed by atoms with Crippen LogP contribution in [0.25, 0.3) is 0 Å². The summed E-state index contributed by atoms with van der Waals surface area (Å²) in [6, 6.07) is 0. The average molecular weight is 220 g/mol. The number of primary amides is 1. The van der Waals surface area contributed by atoms with E-state index in [0.29, 0.717) is 0 Å². The molecule has 1 amide bonds. The molecular formula is C13H20N2O. The largest absolute Gasteiger partial charge is 0.369 e. The molecule has 0 aromatic carbocycles. The van der Waals surface area contributed by atoms with Gasteiger partial charge in [-0.3, -0.25) is 4.79 Å². The van der Waals surface area contributed by atoms with Crippen LogP contribution in [0.5, 0.6) is 0 Å². The lowest BCUT2D eigenvalue weighted by molar-refractivity contribution is -0.123. The Balaban J connectivity index is 2.76. The van der Waals surface area contributed by atoms with Crippen LogP contribution in [0.4, 0.5) is 0 Å². The summed E-state index contributed by atoms with van der Waals surface area (Å²) in [6.45, 7) is 10.4. The molecule has 0 bridgehead atoms. The second-order valence-corrected chi connectivity index (χ2v) is 5.88. The first kappa shape index (κ1) is 11.2. The molecule has 1 aliphatic carbocycles. The van der Waals surface area contributed by atoms with Gasteiger partial charge in [0.15, 0.2) is 0 Å². The molecule has 1 aliphatic rings. The lowest BCUT2D eigenvalue weighted by Gasteiger charge is -2.25. The maximum Gasteiger partial charge on any atom is 0.227 e. The van der Waals surface area contributed by atoms with Crippen LogP contribution < -0.4 is 5.73 Å². The Bertz CT molecular complexity index is 471. The van der Waals surface area contributed by atoms with Crippen molar-refractivity contribution in [1.29, 1.82) is 0 Å². The van der Waals surface area contributed by atoms with Gasteiger partial charge in [0, 0.05) is 11.4 Å². The minimum absolute atomic E-state index is 0.0218. The number of aromatic amines is 1. The van der Waals surface area contributed by atoms with Gasteiger partial charge in [-0.2, -0.15) is 0 Å². The van der Waals surface area contributed by atoms with E-state index >= 15 is 0 Å². The van der Waals surface area contributed by atoms with Gasteiger partial charge >= 0.3 is 0 Å². The summed E-state index contributed by atoms with van der Waals surface area (Å²) in [5.74, 6) is -0.221. The molecule has 0 saturated heterocycles. The second kappa shape index (κ2) is 2.90. The minimum Gasteiger partial charge on any atom is -0.369 e. The Hall–Kier alpha value is -1.25. The van der Waals surface area contributed by atoms with Gasteiger partial charge in [-0.15, -0.1) is 0 Å². The zero-order valence-corrected chi connectivity index (χ0v) is 10.7. The highest BCUT2D eigenvalue weighted by Gasteiger charge is 2.51. The molecule has 1 atom stereocenters. The van der Waals surface area contributed by atoms with Gasteiger partial charge in [-0.25, -0.2) is 0 Å². The lowest BCUT2D eigenvalue weighted by Crippen LogP contribution is -2.38. The molecule has 1 aromatic rings. The van der Waals surface area contributed by atoms with E-state index in [1.807, 2.05) is 13.8 Å². The van der Waals surface area contributed by atoms with E-state index in [0.717, 1.165) is 17.7 Å². The third-order valence-electron chi connectivity index (χ3n) is 3.94. The Morgan fingerprint density at radius 2 is 1.69 bits per heavy atom. The van der Waals surface area contributed by atoms with Gasteiger partial charge in [-0.1, -0.05) is 13.8 Å². The Labute approximate surface area is 96.4 Å². The zero-order valence-electron chi connectivity index (χ0n) is 10.7. The number of hydrogen-bond acceptors (Lipinski definition) is 1. The molecule has 0 aliphatic heterocycles. The summed E-state index contributed by atoms with van der Waals surface area (Å²) < 4.78 is 0. The number of hydrogen-bond donors (Lipinski definition) is 2. The van der Waals surface area contributed by atoms with Crippen LogP contribution in [0.15, 0.2) is 0 Å². The van der Waals surface area contributed by atoms with E-state index in [1.54, 1.807) is 0 Å². The molecule has 3 nitrogen and oxygen atoms in total. The first-order valence-corrected chi connectivity index (χ1v) is 5.70. The molecule has 1 heterocycles. The topological polar surface area (TPSA) is 58.9 Å². The number of H-pyrrole nitrogens is 1. The normalized spacial score (nSPS) is 26.8. The Kier molecular flexibility index (Phi) is 2.04. The molecule has 2 rings (SSSR count). The van der Waals surface area contributed by atoms with Crippen molar-refractivity contribution in [2.75, 3.05) is 0 Å². The third kappa shape index (κ3) is 1.17. The highest BCUT2D eigenvalue weighted by Crippen LogP contribution is 2.51. The van der Waals surface area contributed by atoms with Crippen molar-refractivity contribution >= 4 is 5.91 Å². The van der Waals surface area contributed by atoms with Gasteiger partial charge in [0.05, 0.1) is 5.41 Å². The summed E-state index contributed by atoms with van der Waals surface area (Å²) in [7, 11) is 0. The SMILES string of the molecule is Cc1[nH]c(C)c2c1C(C)(C)CC2(C)C(N)=O. The number of fused-ring (bicyclic) bond motifs is 1. The number of nitrogens with one attached hydrogen (secondary N) is 1. The van der Waals surface area contributed by atoms with Gasteiger partial charge in [0.25, 0.3) is 0 Å². The van der Waals surface area contributed by atoms with E-state index in [2.05, 4.69) is 25.8 Å². The first-order chi connectivity index (χ1) is 7.20. The average Bonchev–Trinajstić information content (AvgIpc) is 2.50. The van der Waals surface area contributed by atoms with Crippen molar-refractivity contribution in [3.05, 3.63) is 22.5 Å². The number of amides is 1. The predicted octanol–water partition coefficient (Wildman–Crippen LogP) is 2.06. The van der Waals surface area contributed by atoms with E-state index in [1.165, 1.54) is 11.3 Å². The zero-order chi connectivity index (χ0) is 12.3. The van der Waals surface area contributed by atoms with E-state index in [9.17, 15) is 4.79 Å². The van der Waals surface area contributed by atoms with Crippen molar-refractivity contribution in [1.82, 2.24) is 4.98 Å². The standard InChI is InChI=1S/C13H20N2O/c1-7-9-10(8(2)15-7)13(5,11(14)16)6-12(9,3)4/h15H,6H2,1-5H3,(H2,14,16). The number of rotatable bonds is 1. The fraction of sp³-hybridized carbons (Fsp3) is 0.615. The van der Waals surface area contributed by atoms with Crippen LogP contribution in [-0.4, -0.2) is 10.9 Å². The summed E-state index contributed by atoms with van der Waals surface area (Å²) in [6.07, 6.45) is 0.802. The molecule has 1 unspecified atom stereocenters. The van der Waals surface area contributed by atoms with Crippen LogP contribution in [0.2, 0.25) is 0 Å². The summed E-state index contributed by atoms with van der Waals surface area (Å²) in [5.41, 5.74) is 9.76. The fourth-order valence-corrected chi connectivity index (χ4v) is 3.59. The number of aryl methyl sites for hydroxylation is 2. The third-order valence-corrected chi connectivity index (χ3v) is 3.94. The molecule has 0 spiro atoms. The van der Waals surface area contributed by atoms with E-state index in [-0.39, 0.29) is 11.3 Å². The monoisotopic (exact) mass is 220 g/mol. The van der Waals surface area contributed by atoms with Gasteiger partial charge in [0.2, 0.25) is 5.91 Å². The molecule has 16 heavy (non-hydrogen) atoms. The molecule has 88 valence electrons. The molecule has 0 saturated carbocycles. The maximum absolute atomic E-state index is 11.7. The highest BCUT2D eigenvalue weighted by molar-refractivity contribution is 5.89. The molecule has 0 fully saturated rings. The summed E-state index contributed by atoms with van der Waals surface area (Å²) in [4.78, 5) is 15.1. The number of carbonyl (C=O) groups is 1. The van der Waals surface area contributed by atoms with E-state index in [4.69, 9.17) is 5.73 Å². The van der Waals surface area contributed by atoms with Gasteiger partial charge in [-0.05, 0) is 43.7 Å². The van der Waals surface area contributed by atoms with Crippen LogP contribution in [0.3, 0.4) is 0 Å². The summed E-state index contributed by atoms with van der Waals surface area (Å²) in [5, 5.41) is 0.